The Kier molecular flexibility index (Phi) is 7.91. The Balaban J connectivity index is 0.000000325. The van der Waals surface area contributed by atoms with Gasteiger partial charge in [0.05, 0.1) is 0 Å². The van der Waals surface area contributed by atoms with E-state index in [-0.39, 0.29) is 5.60 Å². The van der Waals surface area contributed by atoms with E-state index in [0.29, 0.717) is 19.1 Å². The number of ether oxygens (including phenoxy) is 2. The van der Waals surface area contributed by atoms with Gasteiger partial charge in [0.15, 0.2) is 0 Å². The molecule has 5 nitrogen and oxygen atoms in total. The molecule has 1 atom stereocenters. The summed E-state index contributed by atoms with van der Waals surface area (Å²) in [6.07, 6.45) is 2.23. The van der Waals surface area contributed by atoms with Gasteiger partial charge in [0, 0.05) is 17.6 Å². The second-order valence-corrected chi connectivity index (χ2v) is 4.98. The summed E-state index contributed by atoms with van der Waals surface area (Å²) < 4.78 is 9.14. The number of hydrogen-bond donors (Lipinski definition) is 1. The molecule has 0 aliphatic carbocycles. The summed E-state index contributed by atoms with van der Waals surface area (Å²) in [4.78, 5) is 19.7. The largest absolute Gasteiger partial charge is 0.462 e. The molecule has 0 aromatic heterocycles. The van der Waals surface area contributed by atoms with Gasteiger partial charge >= 0.3 is 5.43 Å². The Hall–Kier alpha value is -0.810. The van der Waals surface area contributed by atoms with Crippen LogP contribution in [0.2, 0.25) is 0 Å². The molecule has 1 unspecified atom stereocenters. The zero-order valence-corrected chi connectivity index (χ0v) is 11.3. The monoisotopic (exact) mass is 265 g/mol. The molecule has 17 heavy (non-hydrogen) atoms. The van der Waals surface area contributed by atoms with Crippen molar-refractivity contribution in [1.29, 1.82) is 0 Å². The molecule has 0 bridgehead atoms. The van der Waals surface area contributed by atoms with E-state index in [4.69, 9.17) is 11.6 Å². The van der Waals surface area contributed by atoms with Gasteiger partial charge in [-0.15, -0.1) is 0 Å². The molecule has 1 heterocycles. The molecule has 0 saturated carbocycles. The van der Waals surface area contributed by atoms with Gasteiger partial charge in [-0.3, -0.25) is 4.79 Å². The lowest BCUT2D eigenvalue weighted by Gasteiger charge is -2.14. The molecule has 1 fully saturated rings. The molecule has 0 aromatic rings. The van der Waals surface area contributed by atoms with Crippen LogP contribution in [-0.4, -0.2) is 36.7 Å². The van der Waals surface area contributed by atoms with Crippen molar-refractivity contribution in [3.05, 3.63) is 0 Å². The van der Waals surface area contributed by atoms with E-state index in [2.05, 4.69) is 14.8 Å². The maximum atomic E-state index is 10.1. The lowest BCUT2D eigenvalue weighted by atomic mass is 10.2. The van der Waals surface area contributed by atoms with Crippen molar-refractivity contribution in [2.75, 3.05) is 13.2 Å². The predicted octanol–water partition coefficient (Wildman–Crippen LogP) is 2.07. The average Bonchev–Trinajstić information content (AvgIpc) is 2.66. The maximum absolute atomic E-state index is 10.1. The summed E-state index contributed by atoms with van der Waals surface area (Å²) in [7, 11) is 0. The third-order valence-electron chi connectivity index (χ3n) is 1.96. The maximum Gasteiger partial charge on any atom is 0.403 e. The number of carbonyl (C=O) groups excluding carboxylic acids is 2. The highest BCUT2D eigenvalue weighted by Crippen LogP contribution is 2.05. The Morgan fingerprint density at radius 2 is 2.18 bits per heavy atom. The van der Waals surface area contributed by atoms with Crippen LogP contribution >= 0.6 is 11.6 Å². The van der Waals surface area contributed by atoms with Crippen LogP contribution in [0.15, 0.2) is 0 Å². The first kappa shape index (κ1) is 16.2. The van der Waals surface area contributed by atoms with E-state index in [9.17, 15) is 9.59 Å². The molecule has 1 saturated heterocycles. The number of hydrogen-bond acceptors (Lipinski definition) is 5. The number of nitrogens with one attached hydrogen (secondary N) is 1. The highest BCUT2D eigenvalue weighted by atomic mass is 35.5. The predicted molar refractivity (Wildman–Crippen MR) is 65.1 cm³/mol. The van der Waals surface area contributed by atoms with Gasteiger partial charge in [-0.1, -0.05) is 0 Å². The van der Waals surface area contributed by atoms with Crippen LogP contribution < -0.4 is 5.32 Å². The first-order chi connectivity index (χ1) is 7.85. The summed E-state index contributed by atoms with van der Waals surface area (Å²) in [6, 6.07) is 0.322. The van der Waals surface area contributed by atoms with E-state index in [1.807, 2.05) is 20.8 Å². The van der Waals surface area contributed by atoms with Crippen molar-refractivity contribution in [2.24, 2.45) is 0 Å². The Labute approximate surface area is 107 Å². The fraction of sp³-hybridized carbons (Fsp3) is 0.818. The molecule has 0 radical (unpaired) electrons. The minimum Gasteiger partial charge on any atom is -0.462 e. The Morgan fingerprint density at radius 1 is 1.53 bits per heavy atom. The number of carbonyl (C=O) groups is 2. The molecular weight excluding hydrogens is 246 g/mol. The second-order valence-electron chi connectivity index (χ2n) is 4.67. The summed E-state index contributed by atoms with van der Waals surface area (Å²) in [5, 5.41) is 3.18. The standard InChI is InChI=1S/C6H10ClNO2.C5H10O2/c7-6(9)10-4-5-2-1-3-8-5;1-5(2,3)7-4-6/h5,8H,1-4H2;4H,1-3H3. The second kappa shape index (κ2) is 8.31. The molecule has 1 rings (SSSR count). The van der Waals surface area contributed by atoms with Crippen molar-refractivity contribution in [1.82, 2.24) is 5.32 Å². The first-order valence-corrected chi connectivity index (χ1v) is 5.90. The van der Waals surface area contributed by atoms with Gasteiger partial charge in [0.2, 0.25) is 0 Å². The molecular formula is C11H20ClNO4. The van der Waals surface area contributed by atoms with Crippen LogP contribution in [0.25, 0.3) is 0 Å². The van der Waals surface area contributed by atoms with Crippen LogP contribution in [0, 0.1) is 0 Å². The van der Waals surface area contributed by atoms with Gasteiger partial charge in [-0.25, -0.2) is 4.79 Å². The van der Waals surface area contributed by atoms with Crippen LogP contribution in [0.4, 0.5) is 4.79 Å². The zero-order valence-electron chi connectivity index (χ0n) is 10.5. The van der Waals surface area contributed by atoms with Crippen LogP contribution in [0.3, 0.4) is 0 Å². The number of halogens is 1. The van der Waals surface area contributed by atoms with E-state index in [1.165, 1.54) is 0 Å². The molecule has 6 heteroatoms. The summed E-state index contributed by atoms with van der Waals surface area (Å²) >= 11 is 4.97. The minimum absolute atomic E-state index is 0.318. The molecule has 1 aliphatic heterocycles. The van der Waals surface area contributed by atoms with Crippen molar-refractivity contribution in [3.8, 4) is 0 Å². The highest BCUT2D eigenvalue weighted by molar-refractivity contribution is 6.61. The van der Waals surface area contributed by atoms with E-state index < -0.39 is 5.43 Å². The molecule has 100 valence electrons. The van der Waals surface area contributed by atoms with Gasteiger partial charge in [-0.05, 0) is 40.2 Å². The van der Waals surface area contributed by atoms with E-state index in [1.54, 1.807) is 0 Å². The minimum atomic E-state index is -0.714. The summed E-state index contributed by atoms with van der Waals surface area (Å²) in [6.45, 7) is 7.34. The van der Waals surface area contributed by atoms with Crippen LogP contribution in [-0.2, 0) is 14.3 Å². The van der Waals surface area contributed by atoms with Gasteiger partial charge in [0.25, 0.3) is 6.47 Å². The normalized spacial score (nSPS) is 18.9. The van der Waals surface area contributed by atoms with Crippen molar-refractivity contribution < 1.29 is 19.1 Å². The summed E-state index contributed by atoms with van der Waals surface area (Å²) in [5.41, 5.74) is -1.03. The average molecular weight is 266 g/mol. The van der Waals surface area contributed by atoms with Crippen LogP contribution in [0.1, 0.15) is 33.6 Å². The molecule has 0 amide bonds. The SMILES string of the molecule is CC(C)(C)OC=O.O=C(Cl)OCC1CCCN1. The van der Waals surface area contributed by atoms with Crippen molar-refractivity contribution in [2.45, 2.75) is 45.3 Å². The molecule has 0 aromatic carbocycles. The van der Waals surface area contributed by atoms with E-state index in [0.717, 1.165) is 19.4 Å². The van der Waals surface area contributed by atoms with Crippen molar-refractivity contribution >= 4 is 23.5 Å². The Morgan fingerprint density at radius 3 is 2.47 bits per heavy atom. The van der Waals surface area contributed by atoms with Gasteiger partial charge in [-0.2, -0.15) is 0 Å². The fourth-order valence-corrected chi connectivity index (χ4v) is 1.27. The Bertz CT molecular complexity index is 234. The summed E-state index contributed by atoms with van der Waals surface area (Å²) in [5.74, 6) is 0. The van der Waals surface area contributed by atoms with Crippen molar-refractivity contribution in [3.63, 3.8) is 0 Å². The number of rotatable bonds is 3. The van der Waals surface area contributed by atoms with Gasteiger partial charge in [0.1, 0.15) is 12.2 Å². The lowest BCUT2D eigenvalue weighted by Crippen LogP contribution is -2.27. The molecule has 0 spiro atoms. The topological polar surface area (TPSA) is 64.6 Å². The third-order valence-corrected chi connectivity index (χ3v) is 2.07. The quantitative estimate of drug-likeness (QED) is 0.625. The fourth-order valence-electron chi connectivity index (χ4n) is 1.21. The lowest BCUT2D eigenvalue weighted by molar-refractivity contribution is -0.138. The van der Waals surface area contributed by atoms with Gasteiger partial charge < -0.3 is 14.8 Å². The van der Waals surface area contributed by atoms with E-state index >= 15 is 0 Å². The third kappa shape index (κ3) is 11.5. The highest BCUT2D eigenvalue weighted by Gasteiger charge is 2.14. The molecule has 1 N–H and O–H groups in total. The zero-order chi connectivity index (χ0) is 13.3. The molecule has 1 aliphatic rings. The first-order valence-electron chi connectivity index (χ1n) is 5.52. The van der Waals surface area contributed by atoms with Crippen LogP contribution in [0.5, 0.6) is 0 Å². The smallest absolute Gasteiger partial charge is 0.403 e.